The van der Waals surface area contributed by atoms with Crippen LogP contribution in [0.15, 0.2) is 30.3 Å². The second-order valence-corrected chi connectivity index (χ2v) is 5.75. The molecule has 0 atom stereocenters. The van der Waals surface area contributed by atoms with Gasteiger partial charge in [-0.05, 0) is 18.9 Å². The van der Waals surface area contributed by atoms with Crippen molar-refractivity contribution in [2.24, 2.45) is 0 Å². The number of hydrogen-bond donors (Lipinski definition) is 0. The van der Waals surface area contributed by atoms with Gasteiger partial charge in [0.15, 0.2) is 0 Å². The lowest BCUT2D eigenvalue weighted by atomic mass is 10.1. The van der Waals surface area contributed by atoms with E-state index in [4.69, 9.17) is 12.2 Å². The SMILES string of the molecule is CCN1CN(CCc2ccccc2)CSC1=S. The van der Waals surface area contributed by atoms with E-state index in [9.17, 15) is 0 Å². The molecule has 92 valence electrons. The molecule has 0 radical (unpaired) electrons. The normalized spacial score (nSPS) is 17.5. The van der Waals surface area contributed by atoms with E-state index in [1.54, 1.807) is 11.8 Å². The number of rotatable bonds is 4. The van der Waals surface area contributed by atoms with Crippen LogP contribution in [0.4, 0.5) is 0 Å². The largest absolute Gasteiger partial charge is 0.345 e. The van der Waals surface area contributed by atoms with Gasteiger partial charge in [0.1, 0.15) is 4.32 Å². The first-order chi connectivity index (χ1) is 8.29. The van der Waals surface area contributed by atoms with Crippen molar-refractivity contribution in [2.45, 2.75) is 13.3 Å². The summed E-state index contributed by atoms with van der Waals surface area (Å²) in [5.41, 5.74) is 1.41. The van der Waals surface area contributed by atoms with Crippen molar-refractivity contribution in [2.75, 3.05) is 25.6 Å². The summed E-state index contributed by atoms with van der Waals surface area (Å²) in [6.45, 7) is 5.26. The van der Waals surface area contributed by atoms with Gasteiger partial charge in [-0.25, -0.2) is 0 Å². The van der Waals surface area contributed by atoms with Gasteiger partial charge in [0, 0.05) is 13.1 Å². The maximum Gasteiger partial charge on any atom is 0.138 e. The first kappa shape index (κ1) is 12.9. The zero-order valence-corrected chi connectivity index (χ0v) is 11.8. The molecule has 1 heterocycles. The fourth-order valence-electron chi connectivity index (χ4n) is 1.87. The van der Waals surface area contributed by atoms with E-state index in [0.29, 0.717) is 0 Å². The third-order valence-corrected chi connectivity index (χ3v) is 4.55. The summed E-state index contributed by atoms with van der Waals surface area (Å²) >= 11 is 7.10. The molecule has 0 aromatic heterocycles. The number of thioether (sulfide) groups is 1. The zero-order chi connectivity index (χ0) is 12.1. The second kappa shape index (κ2) is 6.38. The van der Waals surface area contributed by atoms with Gasteiger partial charge in [-0.3, -0.25) is 4.90 Å². The predicted molar refractivity (Wildman–Crippen MR) is 79.2 cm³/mol. The van der Waals surface area contributed by atoms with E-state index in [2.05, 4.69) is 47.1 Å². The topological polar surface area (TPSA) is 6.48 Å². The summed E-state index contributed by atoms with van der Waals surface area (Å²) in [6.07, 6.45) is 1.12. The van der Waals surface area contributed by atoms with E-state index in [1.165, 1.54) is 5.56 Å². The van der Waals surface area contributed by atoms with Crippen molar-refractivity contribution < 1.29 is 0 Å². The minimum Gasteiger partial charge on any atom is -0.345 e. The van der Waals surface area contributed by atoms with Gasteiger partial charge in [-0.1, -0.05) is 54.3 Å². The molecule has 0 aliphatic carbocycles. The minimum atomic E-state index is 0.981. The summed E-state index contributed by atoms with van der Waals surface area (Å²) < 4.78 is 1.04. The van der Waals surface area contributed by atoms with Crippen molar-refractivity contribution in [3.63, 3.8) is 0 Å². The smallest absolute Gasteiger partial charge is 0.138 e. The van der Waals surface area contributed by atoms with Crippen LogP contribution in [0.3, 0.4) is 0 Å². The standard InChI is InChI=1S/C13H18N2S2/c1-2-15-10-14(11-17-13(15)16)9-8-12-6-4-3-5-7-12/h3-7H,2,8-11H2,1H3. The Balaban J connectivity index is 1.82. The van der Waals surface area contributed by atoms with Gasteiger partial charge in [0.25, 0.3) is 0 Å². The van der Waals surface area contributed by atoms with Gasteiger partial charge in [0.05, 0.1) is 12.5 Å². The van der Waals surface area contributed by atoms with Crippen LogP contribution in [0.1, 0.15) is 12.5 Å². The molecule has 0 spiro atoms. The van der Waals surface area contributed by atoms with Crippen molar-refractivity contribution in [3.05, 3.63) is 35.9 Å². The fourth-order valence-corrected chi connectivity index (χ4v) is 3.09. The molecule has 17 heavy (non-hydrogen) atoms. The van der Waals surface area contributed by atoms with Crippen LogP contribution < -0.4 is 0 Å². The Bertz CT molecular complexity index is 367. The molecule has 1 saturated heterocycles. The third-order valence-electron chi connectivity index (χ3n) is 2.94. The highest BCUT2D eigenvalue weighted by atomic mass is 32.2. The highest BCUT2D eigenvalue weighted by Crippen LogP contribution is 2.18. The van der Waals surface area contributed by atoms with Gasteiger partial charge in [0.2, 0.25) is 0 Å². The quantitative estimate of drug-likeness (QED) is 0.773. The summed E-state index contributed by atoms with van der Waals surface area (Å²) in [7, 11) is 0. The van der Waals surface area contributed by atoms with Crippen molar-refractivity contribution in [3.8, 4) is 0 Å². The van der Waals surface area contributed by atoms with Crippen LogP contribution in [-0.2, 0) is 6.42 Å². The molecule has 0 saturated carbocycles. The molecular formula is C13H18N2S2. The van der Waals surface area contributed by atoms with E-state index < -0.39 is 0 Å². The zero-order valence-electron chi connectivity index (χ0n) is 10.1. The first-order valence-corrected chi connectivity index (χ1v) is 7.37. The molecule has 1 aromatic carbocycles. The van der Waals surface area contributed by atoms with Crippen LogP contribution in [-0.4, -0.2) is 39.8 Å². The average Bonchev–Trinajstić information content (AvgIpc) is 2.39. The first-order valence-electron chi connectivity index (χ1n) is 5.97. The molecule has 1 aliphatic rings. The minimum absolute atomic E-state index is 0.981. The van der Waals surface area contributed by atoms with Gasteiger partial charge < -0.3 is 4.90 Å². The summed E-state index contributed by atoms with van der Waals surface area (Å²) in [6, 6.07) is 10.7. The maximum absolute atomic E-state index is 5.32. The Hall–Kier alpha value is -0.580. The molecule has 2 rings (SSSR count). The monoisotopic (exact) mass is 266 g/mol. The third kappa shape index (κ3) is 3.69. The fraction of sp³-hybridized carbons (Fsp3) is 0.462. The number of thiocarbonyl (C=S) groups is 1. The van der Waals surface area contributed by atoms with E-state index in [0.717, 1.165) is 36.4 Å². The van der Waals surface area contributed by atoms with Crippen LogP contribution in [0.25, 0.3) is 0 Å². The Morgan fingerprint density at radius 1 is 1.29 bits per heavy atom. The van der Waals surface area contributed by atoms with Crippen LogP contribution in [0.2, 0.25) is 0 Å². The number of nitrogens with zero attached hydrogens (tertiary/aromatic N) is 2. The second-order valence-electron chi connectivity index (χ2n) is 4.17. The molecule has 0 bridgehead atoms. The Kier molecular flexibility index (Phi) is 4.83. The lowest BCUT2D eigenvalue weighted by Crippen LogP contribution is -2.45. The van der Waals surface area contributed by atoms with Crippen molar-refractivity contribution in [1.82, 2.24) is 9.80 Å². The van der Waals surface area contributed by atoms with E-state index in [1.807, 2.05) is 0 Å². The highest BCUT2D eigenvalue weighted by molar-refractivity contribution is 8.22. The average molecular weight is 266 g/mol. The Labute approximate surface area is 113 Å². The predicted octanol–water partition coefficient (Wildman–Crippen LogP) is 2.80. The summed E-state index contributed by atoms with van der Waals surface area (Å²) in [4.78, 5) is 4.71. The van der Waals surface area contributed by atoms with Crippen molar-refractivity contribution >= 4 is 28.3 Å². The van der Waals surface area contributed by atoms with Gasteiger partial charge in [-0.2, -0.15) is 0 Å². The Morgan fingerprint density at radius 3 is 2.76 bits per heavy atom. The van der Waals surface area contributed by atoms with Crippen LogP contribution in [0, 0.1) is 0 Å². The van der Waals surface area contributed by atoms with E-state index in [-0.39, 0.29) is 0 Å². The molecule has 1 aromatic rings. The van der Waals surface area contributed by atoms with Crippen LogP contribution >= 0.6 is 24.0 Å². The molecule has 1 aliphatic heterocycles. The molecule has 0 N–H and O–H groups in total. The molecule has 0 amide bonds. The van der Waals surface area contributed by atoms with Crippen molar-refractivity contribution in [1.29, 1.82) is 0 Å². The van der Waals surface area contributed by atoms with E-state index >= 15 is 0 Å². The molecule has 4 heteroatoms. The molecule has 0 unspecified atom stereocenters. The number of benzene rings is 1. The lowest BCUT2D eigenvalue weighted by Gasteiger charge is -2.36. The molecule has 1 fully saturated rings. The van der Waals surface area contributed by atoms with Gasteiger partial charge >= 0.3 is 0 Å². The lowest BCUT2D eigenvalue weighted by molar-refractivity contribution is 0.219. The summed E-state index contributed by atoms with van der Waals surface area (Å²) in [5, 5.41) is 0. The van der Waals surface area contributed by atoms with Crippen LogP contribution in [0.5, 0.6) is 0 Å². The summed E-state index contributed by atoms with van der Waals surface area (Å²) in [5.74, 6) is 1.03. The maximum atomic E-state index is 5.32. The molecule has 2 nitrogen and oxygen atoms in total. The number of hydrogen-bond acceptors (Lipinski definition) is 3. The highest BCUT2D eigenvalue weighted by Gasteiger charge is 2.19. The molecular weight excluding hydrogens is 248 g/mol. The Morgan fingerprint density at radius 2 is 2.06 bits per heavy atom. The van der Waals surface area contributed by atoms with Gasteiger partial charge in [-0.15, -0.1) is 0 Å².